The molecule has 0 amide bonds. The number of aromatic nitrogens is 2. The van der Waals surface area contributed by atoms with Gasteiger partial charge in [-0.2, -0.15) is 0 Å². The van der Waals surface area contributed by atoms with Gasteiger partial charge in [0, 0.05) is 24.6 Å². The number of anilines is 1. The summed E-state index contributed by atoms with van der Waals surface area (Å²) in [6.07, 6.45) is 1.17. The van der Waals surface area contributed by atoms with Crippen LogP contribution in [0.3, 0.4) is 0 Å². The zero-order chi connectivity index (χ0) is 13.5. The summed E-state index contributed by atoms with van der Waals surface area (Å²) >= 11 is 0. The monoisotopic (exact) mass is 253 g/mol. The Kier molecular flexibility index (Phi) is 2.77. The highest BCUT2D eigenvalue weighted by molar-refractivity contribution is 5.62. The van der Waals surface area contributed by atoms with Gasteiger partial charge in [0.05, 0.1) is 5.69 Å². The Hall–Kier alpha value is -1.90. The first kappa shape index (κ1) is 12.2. The molecule has 1 fully saturated rings. The van der Waals surface area contributed by atoms with E-state index in [1.165, 1.54) is 6.42 Å². The molecule has 0 aliphatic heterocycles. The van der Waals surface area contributed by atoms with Crippen molar-refractivity contribution in [2.75, 3.05) is 12.4 Å². The number of hydrogen-bond donors (Lipinski definition) is 1. The van der Waals surface area contributed by atoms with Crippen LogP contribution in [0.2, 0.25) is 0 Å². The fourth-order valence-electron chi connectivity index (χ4n) is 2.41. The average molecular weight is 253 g/mol. The minimum absolute atomic E-state index is 0.348. The Bertz CT molecular complexity index is 590. The lowest BCUT2D eigenvalue weighted by atomic mass is 10.1. The zero-order valence-corrected chi connectivity index (χ0v) is 11.6. The Balaban J connectivity index is 2.04. The average Bonchev–Trinajstić information content (AvgIpc) is 3.08. The number of hydrogen-bond acceptors (Lipinski definition) is 3. The van der Waals surface area contributed by atoms with E-state index in [1.807, 2.05) is 31.3 Å². The van der Waals surface area contributed by atoms with E-state index in [9.17, 15) is 0 Å². The molecule has 3 nitrogen and oxygen atoms in total. The summed E-state index contributed by atoms with van der Waals surface area (Å²) < 4.78 is 0. The van der Waals surface area contributed by atoms with Crippen LogP contribution in [0.4, 0.5) is 5.82 Å². The van der Waals surface area contributed by atoms with Gasteiger partial charge in [0.2, 0.25) is 0 Å². The molecular formula is C16H19N3. The first-order valence-electron chi connectivity index (χ1n) is 6.72. The fraction of sp³-hybridized carbons (Fsp3) is 0.375. The fourth-order valence-corrected chi connectivity index (χ4v) is 2.41. The van der Waals surface area contributed by atoms with Crippen LogP contribution >= 0.6 is 0 Å². The Morgan fingerprint density at radius 1 is 1.16 bits per heavy atom. The van der Waals surface area contributed by atoms with E-state index >= 15 is 0 Å². The molecule has 98 valence electrons. The molecule has 1 aliphatic rings. The van der Waals surface area contributed by atoms with E-state index in [-0.39, 0.29) is 0 Å². The van der Waals surface area contributed by atoms with Gasteiger partial charge in [0.15, 0.2) is 0 Å². The summed E-state index contributed by atoms with van der Waals surface area (Å²) in [6.45, 7) is 4.55. The Morgan fingerprint density at radius 2 is 1.84 bits per heavy atom. The third-order valence-corrected chi connectivity index (χ3v) is 3.89. The van der Waals surface area contributed by atoms with Gasteiger partial charge >= 0.3 is 0 Å². The van der Waals surface area contributed by atoms with Crippen molar-refractivity contribution in [3.63, 3.8) is 0 Å². The molecule has 0 bridgehead atoms. The lowest BCUT2D eigenvalue weighted by molar-refractivity contribution is 0.609. The third-order valence-electron chi connectivity index (χ3n) is 3.89. The molecule has 2 aromatic rings. The number of nitrogens with zero attached hydrogens (tertiary/aromatic N) is 2. The molecule has 1 atom stereocenters. The molecule has 0 spiro atoms. The van der Waals surface area contributed by atoms with Crippen LogP contribution in [0.5, 0.6) is 0 Å². The minimum atomic E-state index is 0.348. The van der Waals surface area contributed by atoms with Gasteiger partial charge in [0.1, 0.15) is 11.6 Å². The quantitative estimate of drug-likeness (QED) is 0.906. The van der Waals surface area contributed by atoms with Crippen LogP contribution in [0.25, 0.3) is 11.3 Å². The van der Waals surface area contributed by atoms with Crippen LogP contribution in [-0.2, 0) is 0 Å². The predicted octanol–water partition coefficient (Wildman–Crippen LogP) is 3.70. The van der Waals surface area contributed by atoms with E-state index in [4.69, 9.17) is 4.98 Å². The molecule has 1 aromatic carbocycles. The summed E-state index contributed by atoms with van der Waals surface area (Å²) in [4.78, 5) is 9.37. The van der Waals surface area contributed by atoms with Crippen molar-refractivity contribution < 1.29 is 0 Å². The largest absolute Gasteiger partial charge is 0.373 e. The van der Waals surface area contributed by atoms with Crippen LogP contribution in [0.1, 0.15) is 32.0 Å². The van der Waals surface area contributed by atoms with Gasteiger partial charge in [-0.25, -0.2) is 9.97 Å². The predicted molar refractivity (Wildman–Crippen MR) is 78.2 cm³/mol. The highest BCUT2D eigenvalue weighted by Crippen LogP contribution is 2.57. The molecule has 19 heavy (non-hydrogen) atoms. The highest BCUT2D eigenvalue weighted by Gasteiger charge is 2.48. The van der Waals surface area contributed by atoms with Crippen molar-refractivity contribution >= 4 is 5.82 Å². The second-order valence-electron chi connectivity index (χ2n) is 5.86. The van der Waals surface area contributed by atoms with Crippen molar-refractivity contribution in [2.24, 2.45) is 5.41 Å². The SMILES string of the molecule is CNc1cc(-c2ccccc2)nc(C2CC2(C)C)n1. The van der Waals surface area contributed by atoms with Crippen molar-refractivity contribution in [3.8, 4) is 11.3 Å². The maximum absolute atomic E-state index is 4.76. The van der Waals surface area contributed by atoms with Crippen LogP contribution in [0, 0.1) is 5.41 Å². The van der Waals surface area contributed by atoms with Crippen LogP contribution in [-0.4, -0.2) is 17.0 Å². The topological polar surface area (TPSA) is 37.8 Å². The summed E-state index contributed by atoms with van der Waals surface area (Å²) in [5.41, 5.74) is 2.49. The van der Waals surface area contributed by atoms with E-state index in [1.54, 1.807) is 0 Å². The Labute approximate surface area is 114 Å². The van der Waals surface area contributed by atoms with Crippen molar-refractivity contribution in [2.45, 2.75) is 26.2 Å². The summed E-state index contributed by atoms with van der Waals surface area (Å²) in [5, 5.41) is 3.14. The second-order valence-corrected chi connectivity index (χ2v) is 5.86. The smallest absolute Gasteiger partial charge is 0.135 e. The summed E-state index contributed by atoms with van der Waals surface area (Å²) in [7, 11) is 1.90. The first-order valence-corrected chi connectivity index (χ1v) is 6.72. The third kappa shape index (κ3) is 2.33. The minimum Gasteiger partial charge on any atom is -0.373 e. The zero-order valence-electron chi connectivity index (χ0n) is 11.6. The maximum Gasteiger partial charge on any atom is 0.135 e. The van der Waals surface area contributed by atoms with Gasteiger partial charge in [-0.1, -0.05) is 44.2 Å². The van der Waals surface area contributed by atoms with E-state index in [0.717, 1.165) is 22.9 Å². The molecule has 3 heteroatoms. The first-order chi connectivity index (χ1) is 9.10. The molecule has 1 heterocycles. The van der Waals surface area contributed by atoms with E-state index in [0.29, 0.717) is 11.3 Å². The molecule has 0 saturated heterocycles. The number of nitrogens with one attached hydrogen (secondary N) is 1. The van der Waals surface area contributed by atoms with Crippen molar-refractivity contribution in [1.82, 2.24) is 9.97 Å². The van der Waals surface area contributed by atoms with Gasteiger partial charge in [-0.15, -0.1) is 0 Å². The molecule has 1 aliphatic carbocycles. The number of rotatable bonds is 3. The molecular weight excluding hydrogens is 234 g/mol. The van der Waals surface area contributed by atoms with Crippen molar-refractivity contribution in [1.29, 1.82) is 0 Å². The van der Waals surface area contributed by atoms with Crippen molar-refractivity contribution in [3.05, 3.63) is 42.2 Å². The van der Waals surface area contributed by atoms with Gasteiger partial charge in [-0.05, 0) is 11.8 Å². The van der Waals surface area contributed by atoms with Gasteiger partial charge < -0.3 is 5.32 Å². The summed E-state index contributed by atoms with van der Waals surface area (Å²) in [5.74, 6) is 2.35. The standard InChI is InChI=1S/C16H19N3/c1-16(2)10-12(16)15-18-13(9-14(17-3)19-15)11-7-5-4-6-8-11/h4-9,12H,10H2,1-3H3,(H,17,18,19). The number of benzene rings is 1. The lowest BCUT2D eigenvalue weighted by Crippen LogP contribution is -2.03. The molecule has 1 N–H and O–H groups in total. The van der Waals surface area contributed by atoms with E-state index in [2.05, 4.69) is 36.3 Å². The molecule has 1 unspecified atom stereocenters. The summed E-state index contributed by atoms with van der Waals surface area (Å²) in [6, 6.07) is 12.3. The molecule has 3 rings (SSSR count). The Morgan fingerprint density at radius 3 is 2.42 bits per heavy atom. The van der Waals surface area contributed by atoms with Crippen LogP contribution in [0.15, 0.2) is 36.4 Å². The van der Waals surface area contributed by atoms with Gasteiger partial charge in [-0.3, -0.25) is 0 Å². The maximum atomic E-state index is 4.76. The van der Waals surface area contributed by atoms with Gasteiger partial charge in [0.25, 0.3) is 0 Å². The molecule has 1 aromatic heterocycles. The molecule has 0 radical (unpaired) electrons. The van der Waals surface area contributed by atoms with E-state index < -0.39 is 0 Å². The lowest BCUT2D eigenvalue weighted by Gasteiger charge is -2.09. The highest BCUT2D eigenvalue weighted by atomic mass is 15.0. The second kappa shape index (κ2) is 4.34. The van der Waals surface area contributed by atoms with Crippen LogP contribution < -0.4 is 5.32 Å². The molecule has 1 saturated carbocycles. The normalized spacial score (nSPS) is 20.1.